The average Bonchev–Trinajstić information content (AvgIpc) is 3.40. The van der Waals surface area contributed by atoms with E-state index in [0.29, 0.717) is 38.4 Å². The lowest BCUT2D eigenvalue weighted by atomic mass is 10.0. The normalized spacial score (nSPS) is 19.4. The molecule has 0 aliphatic carbocycles. The van der Waals surface area contributed by atoms with Gasteiger partial charge in [-0.3, -0.25) is 14.7 Å². The van der Waals surface area contributed by atoms with Crippen molar-refractivity contribution in [3.63, 3.8) is 0 Å². The molecule has 0 saturated carbocycles. The highest BCUT2D eigenvalue weighted by atomic mass is 32.1. The molecule has 2 aliphatic heterocycles. The van der Waals surface area contributed by atoms with Gasteiger partial charge in [0.2, 0.25) is 0 Å². The van der Waals surface area contributed by atoms with Gasteiger partial charge in [0.1, 0.15) is 6.10 Å². The minimum Gasteiger partial charge on any atom is -0.368 e. The van der Waals surface area contributed by atoms with Crippen molar-refractivity contribution in [2.45, 2.75) is 38.5 Å². The van der Waals surface area contributed by atoms with Gasteiger partial charge in [-0.25, -0.2) is 4.98 Å². The zero-order chi connectivity index (χ0) is 18.1. The third kappa shape index (κ3) is 3.24. The van der Waals surface area contributed by atoms with Crippen molar-refractivity contribution in [3.8, 4) is 0 Å². The Hall–Kier alpha value is -2.26. The van der Waals surface area contributed by atoms with E-state index >= 15 is 0 Å². The highest BCUT2D eigenvalue weighted by Gasteiger charge is 2.33. The molecule has 0 unspecified atom stereocenters. The molecule has 138 valence electrons. The van der Waals surface area contributed by atoms with Crippen molar-refractivity contribution < 1.29 is 14.3 Å². The first-order valence-electron chi connectivity index (χ1n) is 8.72. The quantitative estimate of drug-likeness (QED) is 0.867. The number of amides is 2. The molecule has 0 aromatic carbocycles. The molecule has 1 fully saturated rings. The number of aromatic nitrogens is 3. The molecule has 1 atom stereocenters. The molecule has 0 spiro atoms. The van der Waals surface area contributed by atoms with Gasteiger partial charge in [0, 0.05) is 31.1 Å². The Morgan fingerprint density at radius 2 is 2.38 bits per heavy atom. The van der Waals surface area contributed by atoms with Crippen molar-refractivity contribution in [1.29, 1.82) is 0 Å². The number of rotatable bonds is 4. The van der Waals surface area contributed by atoms with Gasteiger partial charge >= 0.3 is 0 Å². The van der Waals surface area contributed by atoms with Crippen LogP contribution in [0.25, 0.3) is 0 Å². The molecule has 0 bridgehead atoms. The third-order valence-corrected chi connectivity index (χ3v) is 5.52. The van der Waals surface area contributed by atoms with Crippen LogP contribution in [0.3, 0.4) is 0 Å². The van der Waals surface area contributed by atoms with Crippen LogP contribution in [0.4, 0.5) is 0 Å². The molecule has 2 aromatic heterocycles. The number of H-pyrrole nitrogens is 1. The number of nitrogens with one attached hydrogen (secondary N) is 1. The molecule has 4 heterocycles. The topological polar surface area (TPSA) is 91.4 Å². The van der Waals surface area contributed by atoms with Crippen LogP contribution < -0.4 is 0 Å². The number of thiazole rings is 1. The second kappa shape index (κ2) is 7.16. The molecule has 4 rings (SSSR count). The molecular weight excluding hydrogens is 354 g/mol. The first-order valence-corrected chi connectivity index (χ1v) is 9.67. The van der Waals surface area contributed by atoms with E-state index < -0.39 is 0 Å². The Morgan fingerprint density at radius 3 is 3.12 bits per heavy atom. The Morgan fingerprint density at radius 1 is 1.50 bits per heavy atom. The SMILES string of the molecule is CN(Cc1cscn1)C(=O)c1n[nH]c2c1CCN(C(=O)[C@H]1CCCO1)C2. The van der Waals surface area contributed by atoms with Crippen LogP contribution >= 0.6 is 11.3 Å². The predicted molar refractivity (Wildman–Crippen MR) is 94.6 cm³/mol. The van der Waals surface area contributed by atoms with E-state index in [-0.39, 0.29) is 17.9 Å². The number of fused-ring (bicyclic) bond motifs is 1. The van der Waals surface area contributed by atoms with Crippen molar-refractivity contribution >= 4 is 23.2 Å². The second-order valence-corrected chi connectivity index (χ2v) is 7.40. The van der Waals surface area contributed by atoms with Crippen molar-refractivity contribution in [1.82, 2.24) is 25.0 Å². The van der Waals surface area contributed by atoms with E-state index in [9.17, 15) is 9.59 Å². The van der Waals surface area contributed by atoms with Crippen LogP contribution in [-0.2, 0) is 29.0 Å². The Labute approximate surface area is 155 Å². The van der Waals surface area contributed by atoms with E-state index in [0.717, 1.165) is 29.8 Å². The van der Waals surface area contributed by atoms with Crippen LogP contribution in [0.2, 0.25) is 0 Å². The van der Waals surface area contributed by atoms with E-state index in [1.807, 2.05) is 5.38 Å². The van der Waals surface area contributed by atoms with Gasteiger partial charge in [-0.05, 0) is 19.3 Å². The largest absolute Gasteiger partial charge is 0.368 e. The lowest BCUT2D eigenvalue weighted by Crippen LogP contribution is -2.42. The summed E-state index contributed by atoms with van der Waals surface area (Å²) in [6.07, 6.45) is 2.03. The van der Waals surface area contributed by atoms with Crippen LogP contribution in [0.15, 0.2) is 10.9 Å². The van der Waals surface area contributed by atoms with Gasteiger partial charge in [-0.1, -0.05) is 0 Å². The fourth-order valence-electron chi connectivity index (χ4n) is 3.47. The molecule has 0 radical (unpaired) electrons. The maximum absolute atomic E-state index is 12.7. The molecule has 1 saturated heterocycles. The molecule has 9 heteroatoms. The lowest BCUT2D eigenvalue weighted by Gasteiger charge is -2.29. The minimum absolute atomic E-state index is 0.0382. The van der Waals surface area contributed by atoms with Crippen LogP contribution in [0, 0.1) is 0 Å². The van der Waals surface area contributed by atoms with E-state index in [1.54, 1.807) is 22.4 Å². The van der Waals surface area contributed by atoms with Crippen LogP contribution in [0.1, 0.15) is 40.3 Å². The molecule has 8 nitrogen and oxygen atoms in total. The summed E-state index contributed by atoms with van der Waals surface area (Å²) in [7, 11) is 1.75. The van der Waals surface area contributed by atoms with Crippen LogP contribution in [-0.4, -0.2) is 63.1 Å². The van der Waals surface area contributed by atoms with E-state index in [4.69, 9.17) is 4.74 Å². The molecule has 2 aromatic rings. The van der Waals surface area contributed by atoms with Gasteiger partial charge in [-0.2, -0.15) is 5.10 Å². The number of nitrogens with zero attached hydrogens (tertiary/aromatic N) is 4. The highest BCUT2D eigenvalue weighted by Crippen LogP contribution is 2.24. The fourth-order valence-corrected chi connectivity index (χ4v) is 4.02. The van der Waals surface area contributed by atoms with E-state index in [2.05, 4.69) is 15.2 Å². The number of hydrogen-bond donors (Lipinski definition) is 1. The van der Waals surface area contributed by atoms with Crippen molar-refractivity contribution in [2.75, 3.05) is 20.2 Å². The number of aromatic amines is 1. The van der Waals surface area contributed by atoms with Gasteiger partial charge in [-0.15, -0.1) is 11.3 Å². The predicted octanol–water partition coefficient (Wildman–Crippen LogP) is 1.20. The Bertz CT molecular complexity index is 797. The number of carbonyl (C=O) groups is 2. The highest BCUT2D eigenvalue weighted by molar-refractivity contribution is 7.07. The molecule has 2 aliphatic rings. The van der Waals surface area contributed by atoms with Gasteiger partial charge in [0.15, 0.2) is 5.69 Å². The molecular formula is C17H21N5O3S. The third-order valence-electron chi connectivity index (χ3n) is 4.88. The van der Waals surface area contributed by atoms with Crippen molar-refractivity contribution in [3.05, 3.63) is 33.5 Å². The zero-order valence-electron chi connectivity index (χ0n) is 14.6. The standard InChI is InChI=1S/C17H21N5O3S/c1-21(7-11-9-26-10-18-11)17(24)15-12-4-5-22(8-13(12)19-20-15)16(23)14-3-2-6-25-14/h9-10,14H,2-8H2,1H3,(H,19,20)/t14-/m1/s1. The van der Waals surface area contributed by atoms with Crippen molar-refractivity contribution in [2.24, 2.45) is 0 Å². The number of carbonyl (C=O) groups excluding carboxylic acids is 2. The lowest BCUT2D eigenvalue weighted by molar-refractivity contribution is -0.141. The first-order chi connectivity index (χ1) is 12.6. The summed E-state index contributed by atoms with van der Waals surface area (Å²) in [6, 6.07) is 0. The summed E-state index contributed by atoms with van der Waals surface area (Å²) in [4.78, 5) is 32.9. The Kier molecular flexibility index (Phi) is 4.73. The summed E-state index contributed by atoms with van der Waals surface area (Å²) in [6.45, 7) is 2.14. The fraction of sp³-hybridized carbons (Fsp3) is 0.529. The van der Waals surface area contributed by atoms with Gasteiger partial charge < -0.3 is 14.5 Å². The second-order valence-electron chi connectivity index (χ2n) is 6.68. The summed E-state index contributed by atoms with van der Waals surface area (Å²) in [5.74, 6) is -0.0920. The van der Waals surface area contributed by atoms with Gasteiger partial charge in [0.05, 0.1) is 30.0 Å². The Balaban J connectivity index is 1.45. The summed E-state index contributed by atoms with van der Waals surface area (Å²) in [5.41, 5.74) is 4.82. The average molecular weight is 375 g/mol. The molecule has 1 N–H and O–H groups in total. The monoisotopic (exact) mass is 375 g/mol. The summed E-state index contributed by atoms with van der Waals surface area (Å²) < 4.78 is 5.50. The molecule has 2 amide bonds. The van der Waals surface area contributed by atoms with E-state index in [1.165, 1.54) is 11.3 Å². The maximum Gasteiger partial charge on any atom is 0.274 e. The smallest absolute Gasteiger partial charge is 0.274 e. The zero-order valence-corrected chi connectivity index (χ0v) is 15.4. The molecule has 26 heavy (non-hydrogen) atoms. The minimum atomic E-state index is -0.315. The maximum atomic E-state index is 12.7. The number of ether oxygens (including phenoxy) is 1. The van der Waals surface area contributed by atoms with Crippen LogP contribution in [0.5, 0.6) is 0 Å². The number of hydrogen-bond acceptors (Lipinski definition) is 6. The summed E-state index contributed by atoms with van der Waals surface area (Å²) in [5, 5.41) is 9.12. The first kappa shape index (κ1) is 17.2. The van der Waals surface area contributed by atoms with Gasteiger partial charge in [0.25, 0.3) is 11.8 Å². The summed E-state index contributed by atoms with van der Waals surface area (Å²) >= 11 is 1.51.